The van der Waals surface area contributed by atoms with Crippen LogP contribution in [0.3, 0.4) is 0 Å². The van der Waals surface area contributed by atoms with E-state index in [1.165, 1.54) is 11.3 Å². The number of piperidine rings is 1. The van der Waals surface area contributed by atoms with Gasteiger partial charge < -0.3 is 9.47 Å². The second-order valence-corrected chi connectivity index (χ2v) is 8.82. The van der Waals surface area contributed by atoms with Crippen molar-refractivity contribution in [3.05, 3.63) is 65.2 Å². The third kappa shape index (κ3) is 5.58. The molecule has 0 bridgehead atoms. The molecule has 1 N–H and O–H groups in total. The van der Waals surface area contributed by atoms with Gasteiger partial charge in [-0.05, 0) is 61.4 Å². The van der Waals surface area contributed by atoms with Gasteiger partial charge in [0.05, 0.1) is 5.69 Å². The summed E-state index contributed by atoms with van der Waals surface area (Å²) in [6.45, 7) is 3.97. The van der Waals surface area contributed by atoms with Crippen LogP contribution in [-0.4, -0.2) is 44.3 Å². The molecule has 3 aromatic rings. The SMILES string of the molecule is CC(=O)N1CCC(CCc2csc(NC(=O)c3cccn3Cc3ccncc3)n2)CC1. The van der Waals surface area contributed by atoms with Gasteiger partial charge in [0.15, 0.2) is 5.13 Å². The van der Waals surface area contributed by atoms with Gasteiger partial charge in [0.1, 0.15) is 5.69 Å². The smallest absolute Gasteiger partial charge is 0.274 e. The Balaban J connectivity index is 1.29. The molecule has 1 saturated heterocycles. The molecule has 0 aliphatic carbocycles. The Morgan fingerprint density at radius 3 is 2.71 bits per heavy atom. The minimum Gasteiger partial charge on any atom is -0.343 e. The number of rotatable bonds is 7. The number of likely N-dealkylation sites (tertiary alicyclic amines) is 1. The number of carbonyl (C=O) groups is 2. The third-order valence-electron chi connectivity index (χ3n) is 5.81. The number of amides is 2. The second kappa shape index (κ2) is 9.87. The fourth-order valence-electron chi connectivity index (χ4n) is 3.97. The maximum absolute atomic E-state index is 12.8. The van der Waals surface area contributed by atoms with Crippen LogP contribution in [0.2, 0.25) is 0 Å². The molecular weight excluding hydrogens is 410 g/mol. The van der Waals surface area contributed by atoms with E-state index in [9.17, 15) is 9.59 Å². The highest BCUT2D eigenvalue weighted by molar-refractivity contribution is 7.13. The van der Waals surface area contributed by atoms with E-state index in [-0.39, 0.29) is 11.8 Å². The Labute approximate surface area is 186 Å². The van der Waals surface area contributed by atoms with Crippen molar-refractivity contribution in [2.75, 3.05) is 18.4 Å². The van der Waals surface area contributed by atoms with E-state index in [1.807, 2.05) is 45.3 Å². The molecular formula is C23H27N5O2S. The van der Waals surface area contributed by atoms with Crippen LogP contribution in [0.4, 0.5) is 5.13 Å². The van der Waals surface area contributed by atoms with E-state index in [4.69, 9.17) is 0 Å². The number of nitrogens with one attached hydrogen (secondary N) is 1. The monoisotopic (exact) mass is 437 g/mol. The second-order valence-electron chi connectivity index (χ2n) is 7.96. The molecule has 0 atom stereocenters. The van der Waals surface area contributed by atoms with Crippen molar-refractivity contribution >= 4 is 28.3 Å². The predicted octanol–water partition coefficient (Wildman–Crippen LogP) is 3.83. The molecule has 0 radical (unpaired) electrons. The first-order valence-corrected chi connectivity index (χ1v) is 11.5. The van der Waals surface area contributed by atoms with Gasteiger partial charge in [0.2, 0.25) is 5.91 Å². The summed E-state index contributed by atoms with van der Waals surface area (Å²) in [7, 11) is 0. The molecule has 1 aliphatic rings. The van der Waals surface area contributed by atoms with Crippen molar-refractivity contribution in [3.63, 3.8) is 0 Å². The topological polar surface area (TPSA) is 80.1 Å². The molecule has 4 rings (SSSR count). The van der Waals surface area contributed by atoms with Crippen molar-refractivity contribution < 1.29 is 9.59 Å². The van der Waals surface area contributed by atoms with Crippen LogP contribution in [0.1, 0.15) is 47.9 Å². The van der Waals surface area contributed by atoms with Crippen molar-refractivity contribution in [3.8, 4) is 0 Å². The summed E-state index contributed by atoms with van der Waals surface area (Å²) >= 11 is 1.46. The van der Waals surface area contributed by atoms with E-state index in [0.717, 1.165) is 50.0 Å². The molecule has 162 valence electrons. The molecule has 0 spiro atoms. The molecule has 0 aromatic carbocycles. The average Bonchev–Trinajstić information content (AvgIpc) is 3.42. The molecule has 2 amide bonds. The van der Waals surface area contributed by atoms with Crippen molar-refractivity contribution in [2.24, 2.45) is 5.92 Å². The maximum Gasteiger partial charge on any atom is 0.274 e. The van der Waals surface area contributed by atoms with Gasteiger partial charge in [-0.15, -0.1) is 11.3 Å². The number of aryl methyl sites for hydroxylation is 1. The summed E-state index contributed by atoms with van der Waals surface area (Å²) < 4.78 is 1.92. The minimum atomic E-state index is -0.156. The molecule has 1 fully saturated rings. The minimum absolute atomic E-state index is 0.156. The number of pyridine rings is 1. The Morgan fingerprint density at radius 2 is 1.97 bits per heavy atom. The molecule has 4 heterocycles. The van der Waals surface area contributed by atoms with Crippen LogP contribution in [0, 0.1) is 5.92 Å². The first-order chi connectivity index (χ1) is 15.1. The molecule has 3 aromatic heterocycles. The van der Waals surface area contributed by atoms with E-state index < -0.39 is 0 Å². The molecule has 8 heteroatoms. The molecule has 0 unspecified atom stereocenters. The molecule has 31 heavy (non-hydrogen) atoms. The van der Waals surface area contributed by atoms with Crippen molar-refractivity contribution in [1.29, 1.82) is 0 Å². The van der Waals surface area contributed by atoms with Crippen molar-refractivity contribution in [2.45, 2.75) is 39.2 Å². The summed E-state index contributed by atoms with van der Waals surface area (Å²) in [5.74, 6) is 0.647. The van der Waals surface area contributed by atoms with Crippen LogP contribution in [0.5, 0.6) is 0 Å². The number of hydrogen-bond donors (Lipinski definition) is 1. The number of thiazole rings is 1. The first-order valence-electron chi connectivity index (χ1n) is 10.6. The van der Waals surface area contributed by atoms with Gasteiger partial charge in [-0.1, -0.05) is 0 Å². The Morgan fingerprint density at radius 1 is 1.19 bits per heavy atom. The summed E-state index contributed by atoms with van der Waals surface area (Å²) in [5, 5.41) is 5.59. The van der Waals surface area contributed by atoms with Gasteiger partial charge in [-0.3, -0.25) is 19.9 Å². The van der Waals surface area contributed by atoms with Crippen LogP contribution in [-0.2, 0) is 17.8 Å². The molecule has 7 nitrogen and oxygen atoms in total. The number of hydrogen-bond acceptors (Lipinski definition) is 5. The zero-order valence-electron chi connectivity index (χ0n) is 17.7. The first kappa shape index (κ1) is 21.2. The summed E-state index contributed by atoms with van der Waals surface area (Å²) in [6.07, 6.45) is 9.49. The summed E-state index contributed by atoms with van der Waals surface area (Å²) in [5.41, 5.74) is 2.71. The number of anilines is 1. The Kier molecular flexibility index (Phi) is 6.76. The molecule has 0 saturated carbocycles. The largest absolute Gasteiger partial charge is 0.343 e. The quantitative estimate of drug-likeness (QED) is 0.609. The van der Waals surface area contributed by atoms with Gasteiger partial charge in [-0.25, -0.2) is 4.98 Å². The zero-order chi connectivity index (χ0) is 21.6. The summed E-state index contributed by atoms with van der Waals surface area (Å²) in [4.78, 5) is 34.8. The van der Waals surface area contributed by atoms with E-state index >= 15 is 0 Å². The predicted molar refractivity (Wildman–Crippen MR) is 121 cm³/mol. The Bertz CT molecular complexity index is 1020. The normalized spacial score (nSPS) is 14.5. The highest BCUT2D eigenvalue weighted by atomic mass is 32.1. The lowest BCUT2D eigenvalue weighted by atomic mass is 9.92. The highest BCUT2D eigenvalue weighted by Gasteiger charge is 2.21. The zero-order valence-corrected chi connectivity index (χ0v) is 18.5. The van der Waals surface area contributed by atoms with Gasteiger partial charge in [-0.2, -0.15) is 0 Å². The van der Waals surface area contributed by atoms with E-state index in [1.54, 1.807) is 19.3 Å². The van der Waals surface area contributed by atoms with Gasteiger partial charge in [0, 0.05) is 50.5 Å². The standard InChI is InChI=1S/C23H27N5O2S/c1-17(29)27-13-8-18(9-14-27)4-5-20-16-31-23(25-20)26-22(30)21-3-2-12-28(21)15-19-6-10-24-11-7-19/h2-3,6-7,10-12,16,18H,4-5,8-9,13-15H2,1H3,(H,25,26,30). The van der Waals surface area contributed by atoms with Crippen LogP contribution in [0.15, 0.2) is 48.2 Å². The lowest BCUT2D eigenvalue weighted by Crippen LogP contribution is -2.37. The van der Waals surface area contributed by atoms with E-state index in [0.29, 0.717) is 23.3 Å². The van der Waals surface area contributed by atoms with Crippen LogP contribution >= 0.6 is 11.3 Å². The van der Waals surface area contributed by atoms with Gasteiger partial charge in [0.25, 0.3) is 5.91 Å². The fraction of sp³-hybridized carbons (Fsp3) is 0.391. The van der Waals surface area contributed by atoms with Crippen LogP contribution < -0.4 is 5.32 Å². The highest BCUT2D eigenvalue weighted by Crippen LogP contribution is 2.24. The lowest BCUT2D eigenvalue weighted by molar-refractivity contribution is -0.130. The van der Waals surface area contributed by atoms with Gasteiger partial charge >= 0.3 is 0 Å². The molecule has 1 aliphatic heterocycles. The lowest BCUT2D eigenvalue weighted by Gasteiger charge is -2.31. The Hall–Kier alpha value is -3.00. The van der Waals surface area contributed by atoms with Crippen molar-refractivity contribution in [1.82, 2.24) is 19.4 Å². The fourth-order valence-corrected chi connectivity index (χ4v) is 4.71. The van der Waals surface area contributed by atoms with Crippen LogP contribution in [0.25, 0.3) is 0 Å². The maximum atomic E-state index is 12.8. The number of aromatic nitrogens is 3. The average molecular weight is 438 g/mol. The number of nitrogens with zero attached hydrogens (tertiary/aromatic N) is 4. The summed E-state index contributed by atoms with van der Waals surface area (Å²) in [6, 6.07) is 7.58. The number of carbonyl (C=O) groups excluding carboxylic acids is 2. The van der Waals surface area contributed by atoms with E-state index in [2.05, 4.69) is 15.3 Å². The third-order valence-corrected chi connectivity index (χ3v) is 6.61.